The van der Waals surface area contributed by atoms with Crippen LogP contribution in [0.15, 0.2) is 24.3 Å². The molecular formula is C14H22N2O. The van der Waals surface area contributed by atoms with E-state index < -0.39 is 0 Å². The molecule has 0 unspecified atom stereocenters. The molecule has 0 heterocycles. The van der Waals surface area contributed by atoms with Gasteiger partial charge in [0.1, 0.15) is 0 Å². The number of hydrogen-bond donors (Lipinski definition) is 1. The standard InChI is InChI=1S/C14H22N2O/c1-4-12-5-7-13(8-6-12)14(17)11-15-9-10-16(2)3/h5-8,15H,4,9-11H2,1-3H3. The zero-order valence-corrected chi connectivity index (χ0v) is 11.0. The summed E-state index contributed by atoms with van der Waals surface area (Å²) in [4.78, 5) is 13.9. The van der Waals surface area contributed by atoms with Crippen molar-refractivity contribution in [3.8, 4) is 0 Å². The molecule has 1 rings (SSSR count). The number of likely N-dealkylation sites (N-methyl/N-ethyl adjacent to an activating group) is 1. The molecule has 1 aromatic carbocycles. The second-order valence-corrected chi connectivity index (χ2v) is 4.45. The molecule has 0 radical (unpaired) electrons. The number of aryl methyl sites for hydroxylation is 1. The van der Waals surface area contributed by atoms with Crippen molar-refractivity contribution in [2.24, 2.45) is 0 Å². The quantitative estimate of drug-likeness (QED) is 0.574. The van der Waals surface area contributed by atoms with Crippen LogP contribution in [0.5, 0.6) is 0 Å². The Hall–Kier alpha value is -1.19. The van der Waals surface area contributed by atoms with Gasteiger partial charge >= 0.3 is 0 Å². The van der Waals surface area contributed by atoms with Crippen molar-refractivity contribution >= 4 is 5.78 Å². The van der Waals surface area contributed by atoms with Crippen LogP contribution in [0.25, 0.3) is 0 Å². The van der Waals surface area contributed by atoms with E-state index >= 15 is 0 Å². The van der Waals surface area contributed by atoms with Gasteiger partial charge in [-0.2, -0.15) is 0 Å². The lowest BCUT2D eigenvalue weighted by molar-refractivity contribution is 0.0990. The Morgan fingerprint density at radius 2 is 1.88 bits per heavy atom. The van der Waals surface area contributed by atoms with Gasteiger partial charge in [-0.15, -0.1) is 0 Å². The van der Waals surface area contributed by atoms with Crippen molar-refractivity contribution < 1.29 is 4.79 Å². The predicted molar refractivity (Wildman–Crippen MR) is 71.6 cm³/mol. The lowest BCUT2D eigenvalue weighted by atomic mass is 10.1. The first-order chi connectivity index (χ1) is 8.13. The molecule has 3 heteroatoms. The van der Waals surface area contributed by atoms with Crippen LogP contribution in [0.3, 0.4) is 0 Å². The van der Waals surface area contributed by atoms with Crippen LogP contribution in [-0.2, 0) is 6.42 Å². The van der Waals surface area contributed by atoms with Crippen LogP contribution in [0.2, 0.25) is 0 Å². The van der Waals surface area contributed by atoms with Gasteiger partial charge in [-0.1, -0.05) is 31.2 Å². The van der Waals surface area contributed by atoms with Crippen LogP contribution < -0.4 is 5.32 Å². The first-order valence-corrected chi connectivity index (χ1v) is 6.11. The maximum absolute atomic E-state index is 11.8. The maximum atomic E-state index is 11.8. The highest BCUT2D eigenvalue weighted by Crippen LogP contribution is 2.05. The number of nitrogens with zero attached hydrogens (tertiary/aromatic N) is 1. The Morgan fingerprint density at radius 3 is 2.41 bits per heavy atom. The van der Waals surface area contributed by atoms with Crippen molar-refractivity contribution in [1.82, 2.24) is 10.2 Å². The lowest BCUT2D eigenvalue weighted by Gasteiger charge is -2.09. The van der Waals surface area contributed by atoms with Crippen molar-refractivity contribution in [1.29, 1.82) is 0 Å². The Morgan fingerprint density at radius 1 is 1.24 bits per heavy atom. The Kier molecular flexibility index (Phi) is 5.87. The summed E-state index contributed by atoms with van der Waals surface area (Å²) in [6.45, 7) is 4.31. The van der Waals surface area contributed by atoms with E-state index in [0.717, 1.165) is 25.1 Å². The van der Waals surface area contributed by atoms with Crippen LogP contribution >= 0.6 is 0 Å². The Labute approximate surface area is 104 Å². The second-order valence-electron chi connectivity index (χ2n) is 4.45. The summed E-state index contributed by atoms with van der Waals surface area (Å²) in [5.74, 6) is 0.159. The van der Waals surface area contributed by atoms with Crippen LogP contribution in [0.1, 0.15) is 22.8 Å². The molecule has 0 saturated carbocycles. The molecule has 0 aliphatic carbocycles. The van der Waals surface area contributed by atoms with Gasteiger partial charge in [0.05, 0.1) is 6.54 Å². The molecular weight excluding hydrogens is 212 g/mol. The van der Waals surface area contributed by atoms with Crippen molar-refractivity contribution in [3.63, 3.8) is 0 Å². The fourth-order valence-corrected chi connectivity index (χ4v) is 1.53. The van der Waals surface area contributed by atoms with Crippen molar-refractivity contribution in [3.05, 3.63) is 35.4 Å². The largest absolute Gasteiger partial charge is 0.308 e. The number of rotatable bonds is 7. The normalized spacial score (nSPS) is 10.8. The summed E-state index contributed by atoms with van der Waals surface area (Å²) in [5, 5.41) is 3.15. The molecule has 0 bridgehead atoms. The number of carbonyl (C=O) groups excluding carboxylic acids is 1. The lowest BCUT2D eigenvalue weighted by Crippen LogP contribution is -2.30. The maximum Gasteiger partial charge on any atom is 0.176 e. The van der Waals surface area contributed by atoms with E-state index in [1.807, 2.05) is 38.4 Å². The molecule has 0 atom stereocenters. The first-order valence-electron chi connectivity index (χ1n) is 6.11. The highest BCUT2D eigenvalue weighted by molar-refractivity contribution is 5.97. The number of Topliss-reactive ketones (excluding diaryl/α,β-unsaturated/α-hetero) is 1. The monoisotopic (exact) mass is 234 g/mol. The average Bonchev–Trinajstić information content (AvgIpc) is 2.34. The summed E-state index contributed by atoms with van der Waals surface area (Å²) < 4.78 is 0. The number of ketones is 1. The SMILES string of the molecule is CCc1ccc(C(=O)CNCCN(C)C)cc1. The third-order valence-electron chi connectivity index (χ3n) is 2.71. The van der Waals surface area contributed by atoms with Crippen molar-refractivity contribution in [2.45, 2.75) is 13.3 Å². The Bertz CT molecular complexity index is 344. The first kappa shape index (κ1) is 13.9. The van der Waals surface area contributed by atoms with Gasteiger partial charge < -0.3 is 10.2 Å². The second kappa shape index (κ2) is 7.20. The fourth-order valence-electron chi connectivity index (χ4n) is 1.53. The van der Waals surface area contributed by atoms with E-state index in [1.165, 1.54) is 5.56 Å². The van der Waals surface area contributed by atoms with Gasteiger partial charge in [-0.05, 0) is 26.1 Å². The van der Waals surface area contributed by atoms with Gasteiger partial charge in [0.15, 0.2) is 5.78 Å². The summed E-state index contributed by atoms with van der Waals surface area (Å²) in [7, 11) is 4.04. The van der Waals surface area contributed by atoms with Crippen molar-refractivity contribution in [2.75, 3.05) is 33.7 Å². The molecule has 0 spiro atoms. The number of benzene rings is 1. The van der Waals surface area contributed by atoms with Crippen LogP contribution in [-0.4, -0.2) is 44.4 Å². The van der Waals surface area contributed by atoms with E-state index in [0.29, 0.717) is 6.54 Å². The minimum atomic E-state index is 0.159. The molecule has 3 nitrogen and oxygen atoms in total. The molecule has 0 aromatic heterocycles. The molecule has 17 heavy (non-hydrogen) atoms. The minimum absolute atomic E-state index is 0.159. The molecule has 1 N–H and O–H groups in total. The van der Waals surface area contributed by atoms with Gasteiger partial charge in [-0.25, -0.2) is 0 Å². The molecule has 94 valence electrons. The third kappa shape index (κ3) is 5.11. The summed E-state index contributed by atoms with van der Waals surface area (Å²) in [6.07, 6.45) is 1.01. The smallest absolute Gasteiger partial charge is 0.176 e. The van der Waals surface area contributed by atoms with E-state index in [4.69, 9.17) is 0 Å². The van der Waals surface area contributed by atoms with Crippen LogP contribution in [0.4, 0.5) is 0 Å². The summed E-state index contributed by atoms with van der Waals surface area (Å²) in [5.41, 5.74) is 2.06. The number of nitrogens with one attached hydrogen (secondary N) is 1. The predicted octanol–water partition coefficient (Wildman–Crippen LogP) is 1.58. The third-order valence-corrected chi connectivity index (χ3v) is 2.71. The van der Waals surface area contributed by atoms with Gasteiger partial charge in [0, 0.05) is 18.7 Å². The summed E-state index contributed by atoms with van der Waals surface area (Å²) in [6, 6.07) is 7.86. The zero-order valence-electron chi connectivity index (χ0n) is 11.0. The highest BCUT2D eigenvalue weighted by atomic mass is 16.1. The molecule has 0 fully saturated rings. The highest BCUT2D eigenvalue weighted by Gasteiger charge is 2.04. The number of hydrogen-bond acceptors (Lipinski definition) is 3. The topological polar surface area (TPSA) is 32.3 Å². The molecule has 1 aromatic rings. The number of carbonyl (C=O) groups is 1. The zero-order chi connectivity index (χ0) is 12.7. The van der Waals surface area contributed by atoms with Gasteiger partial charge in [0.25, 0.3) is 0 Å². The van der Waals surface area contributed by atoms with E-state index in [-0.39, 0.29) is 5.78 Å². The fraction of sp³-hybridized carbons (Fsp3) is 0.500. The minimum Gasteiger partial charge on any atom is -0.308 e. The molecule has 0 aliphatic heterocycles. The van der Waals surface area contributed by atoms with Crippen LogP contribution in [0, 0.1) is 0 Å². The average molecular weight is 234 g/mol. The van der Waals surface area contributed by atoms with E-state index in [1.54, 1.807) is 0 Å². The van der Waals surface area contributed by atoms with Gasteiger partial charge in [-0.3, -0.25) is 4.79 Å². The molecule has 0 saturated heterocycles. The van der Waals surface area contributed by atoms with E-state index in [9.17, 15) is 4.79 Å². The van der Waals surface area contributed by atoms with Gasteiger partial charge in [0.2, 0.25) is 0 Å². The van der Waals surface area contributed by atoms with E-state index in [2.05, 4.69) is 17.1 Å². The molecule has 0 aliphatic rings. The summed E-state index contributed by atoms with van der Waals surface area (Å²) >= 11 is 0. The Balaban J connectivity index is 2.36. The molecule has 0 amide bonds.